The van der Waals surface area contributed by atoms with Gasteiger partial charge in [-0.3, -0.25) is 0 Å². The fourth-order valence-electron chi connectivity index (χ4n) is 3.81. The molecule has 4 nitrogen and oxygen atoms in total. The van der Waals surface area contributed by atoms with Crippen LogP contribution < -0.4 is 10.1 Å². The Labute approximate surface area is 110 Å². The predicted molar refractivity (Wildman–Crippen MR) is 70.4 cm³/mol. The van der Waals surface area contributed by atoms with E-state index in [1.54, 1.807) is 4.90 Å². The molecule has 1 heterocycles. The Morgan fingerprint density at radius 3 is 2.56 bits per heavy atom. The number of quaternary nitrogens is 2. The minimum absolute atomic E-state index is 0.0686. The van der Waals surface area contributed by atoms with E-state index in [2.05, 4.69) is 13.8 Å². The molecule has 106 valence electrons. The van der Waals surface area contributed by atoms with Crippen molar-refractivity contribution in [3.63, 3.8) is 0 Å². The molecule has 0 amide bonds. The molecular weight excluding hydrogens is 228 g/mol. The molecule has 1 saturated heterocycles. The summed E-state index contributed by atoms with van der Waals surface area (Å²) < 4.78 is 0. The first-order chi connectivity index (χ1) is 8.58. The van der Waals surface area contributed by atoms with Crippen LogP contribution in [0.4, 0.5) is 0 Å². The van der Waals surface area contributed by atoms with Crippen molar-refractivity contribution in [2.45, 2.75) is 52.0 Å². The summed E-state index contributed by atoms with van der Waals surface area (Å²) in [5, 5.41) is 20.1. The summed E-state index contributed by atoms with van der Waals surface area (Å²) in [6, 6.07) is -0.0686. The van der Waals surface area contributed by atoms with Gasteiger partial charge in [-0.05, 0) is 25.2 Å². The van der Waals surface area contributed by atoms with Crippen LogP contribution in [0.15, 0.2) is 0 Å². The third-order valence-corrected chi connectivity index (χ3v) is 5.31. The molecular formula is C14H29N2O2+. The molecule has 6 atom stereocenters. The Morgan fingerprint density at radius 1 is 1.17 bits per heavy atom. The average Bonchev–Trinajstić information content (AvgIpc) is 2.34. The molecule has 0 bridgehead atoms. The zero-order valence-corrected chi connectivity index (χ0v) is 11.8. The third-order valence-electron chi connectivity index (χ3n) is 5.31. The van der Waals surface area contributed by atoms with Gasteiger partial charge < -0.3 is 10.1 Å². The van der Waals surface area contributed by atoms with Gasteiger partial charge in [-0.15, -0.1) is 0 Å². The maximum absolute atomic E-state index is 11.3. The van der Waals surface area contributed by atoms with E-state index in [0.717, 1.165) is 37.6 Å². The minimum Gasteiger partial charge on any atom is -0.600 e. The standard InChI is InChI=1S/C14H28N2O2/c1-11-7-8-15(9-12(11)2)10-13-5-3-4-6-14(13)16(17)18/h11-14,16-17H,3-10H2,1-2H3/p+1. The van der Waals surface area contributed by atoms with E-state index < -0.39 is 5.23 Å². The molecule has 1 aliphatic heterocycles. The quantitative estimate of drug-likeness (QED) is 0.617. The maximum Gasteiger partial charge on any atom is 0.125 e. The Kier molecular flexibility index (Phi) is 5.01. The SMILES string of the molecule is CC1CC[NH+](CC2CCCCC2[NH+]([O-])O)CC1C. The van der Waals surface area contributed by atoms with Crippen LogP contribution >= 0.6 is 0 Å². The Morgan fingerprint density at radius 2 is 1.89 bits per heavy atom. The smallest absolute Gasteiger partial charge is 0.125 e. The van der Waals surface area contributed by atoms with E-state index in [0.29, 0.717) is 5.92 Å². The molecule has 2 rings (SSSR count). The van der Waals surface area contributed by atoms with Crippen LogP contribution in [0.3, 0.4) is 0 Å². The highest BCUT2D eigenvalue weighted by Crippen LogP contribution is 2.22. The van der Waals surface area contributed by atoms with Crippen molar-refractivity contribution in [1.29, 1.82) is 0 Å². The highest BCUT2D eigenvalue weighted by molar-refractivity contribution is 4.74. The van der Waals surface area contributed by atoms with Gasteiger partial charge in [0, 0.05) is 12.3 Å². The van der Waals surface area contributed by atoms with Gasteiger partial charge in [-0.2, -0.15) is 0 Å². The van der Waals surface area contributed by atoms with Crippen LogP contribution in [0.1, 0.15) is 46.0 Å². The van der Waals surface area contributed by atoms with Gasteiger partial charge in [0.1, 0.15) is 6.04 Å². The first kappa shape index (κ1) is 14.3. The van der Waals surface area contributed by atoms with Gasteiger partial charge >= 0.3 is 0 Å². The predicted octanol–water partition coefficient (Wildman–Crippen LogP) is -0.122. The van der Waals surface area contributed by atoms with E-state index >= 15 is 0 Å². The van der Waals surface area contributed by atoms with Crippen LogP contribution in [0, 0.1) is 23.0 Å². The van der Waals surface area contributed by atoms with E-state index in [-0.39, 0.29) is 6.04 Å². The summed E-state index contributed by atoms with van der Waals surface area (Å²) in [6.07, 6.45) is 5.68. The summed E-state index contributed by atoms with van der Waals surface area (Å²) >= 11 is 0. The lowest BCUT2D eigenvalue weighted by Crippen LogP contribution is -3.16. The molecule has 0 aromatic heterocycles. The van der Waals surface area contributed by atoms with Crippen LogP contribution in [0.25, 0.3) is 0 Å². The van der Waals surface area contributed by atoms with Gasteiger partial charge in [0.2, 0.25) is 0 Å². The highest BCUT2D eigenvalue weighted by atomic mass is 16.8. The molecule has 1 saturated carbocycles. The highest BCUT2D eigenvalue weighted by Gasteiger charge is 2.35. The van der Waals surface area contributed by atoms with Gasteiger partial charge in [-0.1, -0.05) is 20.3 Å². The Hall–Kier alpha value is -0.160. The second-order valence-corrected chi connectivity index (χ2v) is 6.64. The van der Waals surface area contributed by atoms with E-state index in [4.69, 9.17) is 0 Å². The second-order valence-electron chi connectivity index (χ2n) is 6.64. The molecule has 2 fully saturated rings. The van der Waals surface area contributed by atoms with Gasteiger partial charge in [-0.25, -0.2) is 10.4 Å². The van der Waals surface area contributed by atoms with E-state index in [1.807, 2.05) is 0 Å². The monoisotopic (exact) mass is 257 g/mol. The fourth-order valence-corrected chi connectivity index (χ4v) is 3.81. The first-order valence-corrected chi connectivity index (χ1v) is 7.64. The number of hydroxylamine groups is 2. The zero-order valence-electron chi connectivity index (χ0n) is 11.8. The number of rotatable bonds is 3. The molecule has 0 aromatic carbocycles. The second kappa shape index (κ2) is 6.33. The van der Waals surface area contributed by atoms with Gasteiger partial charge in [0.05, 0.1) is 25.6 Å². The van der Waals surface area contributed by atoms with Crippen molar-refractivity contribution in [2.24, 2.45) is 17.8 Å². The molecule has 0 spiro atoms. The van der Waals surface area contributed by atoms with E-state index in [1.165, 1.54) is 25.9 Å². The first-order valence-electron chi connectivity index (χ1n) is 7.64. The molecule has 3 N–H and O–H groups in total. The van der Waals surface area contributed by atoms with Crippen molar-refractivity contribution in [3.05, 3.63) is 5.21 Å². The van der Waals surface area contributed by atoms with Crippen LogP contribution in [-0.4, -0.2) is 30.9 Å². The fraction of sp³-hybridized carbons (Fsp3) is 1.00. The van der Waals surface area contributed by atoms with Crippen molar-refractivity contribution >= 4 is 0 Å². The number of piperidine rings is 1. The summed E-state index contributed by atoms with van der Waals surface area (Å²) in [4.78, 5) is 1.65. The summed E-state index contributed by atoms with van der Waals surface area (Å²) in [5.41, 5.74) is 0. The summed E-state index contributed by atoms with van der Waals surface area (Å²) in [7, 11) is 0. The number of hydrogen-bond acceptors (Lipinski definition) is 2. The molecule has 4 heteroatoms. The molecule has 2 aliphatic rings. The molecule has 0 aromatic rings. The molecule has 0 radical (unpaired) electrons. The summed E-state index contributed by atoms with van der Waals surface area (Å²) in [6.45, 7) is 8.27. The molecule has 6 unspecified atom stereocenters. The number of likely N-dealkylation sites (tertiary alicyclic amines) is 1. The van der Waals surface area contributed by atoms with Crippen molar-refractivity contribution in [1.82, 2.24) is 0 Å². The maximum atomic E-state index is 11.3. The van der Waals surface area contributed by atoms with Gasteiger partial charge in [0.25, 0.3) is 0 Å². The van der Waals surface area contributed by atoms with Crippen molar-refractivity contribution < 1.29 is 15.3 Å². The van der Waals surface area contributed by atoms with Crippen molar-refractivity contribution in [3.8, 4) is 0 Å². The van der Waals surface area contributed by atoms with Crippen LogP contribution in [-0.2, 0) is 0 Å². The Bertz CT molecular complexity index is 260. The zero-order chi connectivity index (χ0) is 13.1. The lowest BCUT2D eigenvalue weighted by Gasteiger charge is -2.38. The van der Waals surface area contributed by atoms with Crippen LogP contribution in [0.5, 0.6) is 0 Å². The number of hydrogen-bond donors (Lipinski definition) is 3. The van der Waals surface area contributed by atoms with E-state index in [9.17, 15) is 10.4 Å². The molecule has 18 heavy (non-hydrogen) atoms. The molecule has 1 aliphatic carbocycles. The Balaban J connectivity index is 1.87. The lowest BCUT2D eigenvalue weighted by molar-refractivity contribution is -1.07. The lowest BCUT2D eigenvalue weighted by atomic mass is 9.83. The average molecular weight is 257 g/mol. The summed E-state index contributed by atoms with van der Waals surface area (Å²) in [5.74, 6) is 2.06. The minimum atomic E-state index is -0.558. The largest absolute Gasteiger partial charge is 0.600 e. The van der Waals surface area contributed by atoms with Crippen molar-refractivity contribution in [2.75, 3.05) is 19.6 Å². The third kappa shape index (κ3) is 3.44. The topological polar surface area (TPSA) is 52.2 Å². The van der Waals surface area contributed by atoms with Crippen LogP contribution in [0.2, 0.25) is 0 Å². The van der Waals surface area contributed by atoms with Gasteiger partial charge in [0.15, 0.2) is 0 Å². The normalized spacial score (nSPS) is 43.7. The number of nitrogens with one attached hydrogen (secondary N) is 2.